The second-order valence-electron chi connectivity index (χ2n) is 2.98. The number of hydrogen-bond donors (Lipinski definition) is 0. The average Bonchev–Trinajstić information content (AvgIpc) is 2.46. The van der Waals surface area contributed by atoms with Crippen molar-refractivity contribution >= 4 is 12.0 Å². The van der Waals surface area contributed by atoms with Gasteiger partial charge in [0.25, 0.3) is 0 Å². The van der Waals surface area contributed by atoms with Gasteiger partial charge in [-0.1, -0.05) is 18.2 Å². The minimum absolute atomic E-state index is 0.753. The number of azo groups is 1. The van der Waals surface area contributed by atoms with Gasteiger partial charge in [-0.15, -0.1) is 0 Å². The highest BCUT2D eigenvalue weighted by Crippen LogP contribution is 2.38. The smallest absolute Gasteiger partial charge is 0.161 e. The van der Waals surface area contributed by atoms with Crippen molar-refractivity contribution in [3.8, 4) is 0 Å². The predicted octanol–water partition coefficient (Wildman–Crippen LogP) is 2.20. The van der Waals surface area contributed by atoms with E-state index in [2.05, 4.69) is 10.2 Å². The van der Waals surface area contributed by atoms with Gasteiger partial charge in [-0.3, -0.25) is 0 Å². The highest BCUT2D eigenvalue weighted by molar-refractivity contribution is 5.73. The lowest BCUT2D eigenvalue weighted by Gasteiger charge is -2.10. The molecule has 1 aromatic rings. The van der Waals surface area contributed by atoms with Crippen LogP contribution in [0.15, 0.2) is 34.5 Å². The molecule has 0 spiro atoms. The first kappa shape index (κ1) is 7.16. The maximum absolute atomic E-state index is 10.7. The first-order valence-electron chi connectivity index (χ1n) is 3.75. The SMILES string of the molecule is CC1(C=O)N=Nc2ccccc21. The summed E-state index contributed by atoms with van der Waals surface area (Å²) in [6.45, 7) is 1.76. The molecule has 3 heteroatoms. The molecule has 0 N–H and O–H groups in total. The molecule has 0 aromatic heterocycles. The maximum atomic E-state index is 10.7. The van der Waals surface area contributed by atoms with Gasteiger partial charge in [0.2, 0.25) is 0 Å². The Morgan fingerprint density at radius 3 is 2.92 bits per heavy atom. The van der Waals surface area contributed by atoms with Gasteiger partial charge in [0.15, 0.2) is 11.8 Å². The minimum atomic E-state index is -0.753. The number of nitrogens with zero attached hydrogens (tertiary/aromatic N) is 2. The van der Waals surface area contributed by atoms with E-state index in [9.17, 15) is 4.79 Å². The standard InChI is InChI=1S/C9H8N2O/c1-9(6-12)7-4-2-3-5-8(7)10-11-9/h2-6H,1H3. The average molecular weight is 160 g/mol. The molecule has 1 aliphatic rings. The molecule has 1 aromatic carbocycles. The fraction of sp³-hybridized carbons (Fsp3) is 0.222. The van der Waals surface area contributed by atoms with E-state index < -0.39 is 5.54 Å². The fourth-order valence-electron chi connectivity index (χ4n) is 1.29. The molecule has 1 aliphatic heterocycles. The number of aldehydes is 1. The summed E-state index contributed by atoms with van der Waals surface area (Å²) in [6, 6.07) is 7.50. The Morgan fingerprint density at radius 2 is 2.17 bits per heavy atom. The first-order valence-corrected chi connectivity index (χ1v) is 3.75. The zero-order chi connectivity index (χ0) is 8.60. The lowest BCUT2D eigenvalue weighted by atomic mass is 9.95. The van der Waals surface area contributed by atoms with Crippen molar-refractivity contribution in [3.05, 3.63) is 29.8 Å². The molecule has 0 amide bonds. The van der Waals surface area contributed by atoms with Crippen molar-refractivity contribution < 1.29 is 4.79 Å². The molecule has 60 valence electrons. The summed E-state index contributed by atoms with van der Waals surface area (Å²) < 4.78 is 0. The van der Waals surface area contributed by atoms with Gasteiger partial charge in [-0.25, -0.2) is 0 Å². The molecule has 0 saturated heterocycles. The Bertz CT molecular complexity index is 359. The van der Waals surface area contributed by atoms with E-state index in [1.807, 2.05) is 24.3 Å². The van der Waals surface area contributed by atoms with Gasteiger partial charge in [0.1, 0.15) is 0 Å². The van der Waals surface area contributed by atoms with Gasteiger partial charge in [0.05, 0.1) is 5.69 Å². The van der Waals surface area contributed by atoms with Crippen molar-refractivity contribution in [2.45, 2.75) is 12.5 Å². The third-order valence-electron chi connectivity index (χ3n) is 2.04. The van der Waals surface area contributed by atoms with Crippen LogP contribution in [0.25, 0.3) is 0 Å². The summed E-state index contributed by atoms with van der Waals surface area (Å²) in [4.78, 5) is 10.7. The molecule has 2 rings (SSSR count). The van der Waals surface area contributed by atoms with Crippen LogP contribution in [0, 0.1) is 0 Å². The van der Waals surface area contributed by atoms with E-state index >= 15 is 0 Å². The van der Waals surface area contributed by atoms with E-state index in [4.69, 9.17) is 0 Å². The molecular formula is C9H8N2O. The number of fused-ring (bicyclic) bond motifs is 1. The number of rotatable bonds is 1. The molecule has 0 aliphatic carbocycles. The first-order chi connectivity index (χ1) is 5.76. The second-order valence-corrected chi connectivity index (χ2v) is 2.98. The molecule has 1 heterocycles. The van der Waals surface area contributed by atoms with Crippen molar-refractivity contribution in [1.29, 1.82) is 0 Å². The van der Waals surface area contributed by atoms with E-state index in [0.29, 0.717) is 0 Å². The Labute approximate surface area is 70.1 Å². The summed E-state index contributed by atoms with van der Waals surface area (Å²) in [6.07, 6.45) is 0.822. The zero-order valence-electron chi connectivity index (χ0n) is 6.69. The third kappa shape index (κ3) is 0.794. The van der Waals surface area contributed by atoms with Crippen molar-refractivity contribution in [1.82, 2.24) is 0 Å². The summed E-state index contributed by atoms with van der Waals surface area (Å²) in [5.41, 5.74) is 0.934. The van der Waals surface area contributed by atoms with Crippen LogP contribution < -0.4 is 0 Å². The lowest BCUT2D eigenvalue weighted by Crippen LogP contribution is -2.17. The van der Waals surface area contributed by atoms with E-state index in [-0.39, 0.29) is 0 Å². The summed E-state index contributed by atoms with van der Waals surface area (Å²) in [5, 5.41) is 7.83. The Kier molecular flexibility index (Phi) is 1.33. The summed E-state index contributed by atoms with van der Waals surface area (Å²) >= 11 is 0. The van der Waals surface area contributed by atoms with Gasteiger partial charge in [0, 0.05) is 5.56 Å². The molecule has 3 nitrogen and oxygen atoms in total. The highest BCUT2D eigenvalue weighted by atomic mass is 16.1. The van der Waals surface area contributed by atoms with Crippen LogP contribution in [0.2, 0.25) is 0 Å². The van der Waals surface area contributed by atoms with Crippen molar-refractivity contribution in [2.75, 3.05) is 0 Å². The summed E-state index contributed by atoms with van der Waals surface area (Å²) in [7, 11) is 0. The number of hydrogen-bond acceptors (Lipinski definition) is 3. The largest absolute Gasteiger partial charge is 0.300 e. The second kappa shape index (κ2) is 2.24. The normalized spacial score (nSPS) is 25.4. The monoisotopic (exact) mass is 160 g/mol. The molecule has 12 heavy (non-hydrogen) atoms. The van der Waals surface area contributed by atoms with Crippen LogP contribution >= 0.6 is 0 Å². The number of benzene rings is 1. The van der Waals surface area contributed by atoms with Gasteiger partial charge in [-0.05, 0) is 13.0 Å². The van der Waals surface area contributed by atoms with Crippen molar-refractivity contribution in [2.24, 2.45) is 10.2 Å². The van der Waals surface area contributed by atoms with Crippen LogP contribution in [-0.2, 0) is 10.3 Å². The number of carbonyl (C=O) groups is 1. The van der Waals surface area contributed by atoms with Gasteiger partial charge >= 0.3 is 0 Å². The van der Waals surface area contributed by atoms with Crippen LogP contribution in [0.1, 0.15) is 12.5 Å². The van der Waals surface area contributed by atoms with Gasteiger partial charge in [-0.2, -0.15) is 10.2 Å². The fourth-order valence-corrected chi connectivity index (χ4v) is 1.29. The molecule has 0 saturated carbocycles. The van der Waals surface area contributed by atoms with Crippen LogP contribution in [0.4, 0.5) is 5.69 Å². The van der Waals surface area contributed by atoms with E-state index in [0.717, 1.165) is 17.5 Å². The van der Waals surface area contributed by atoms with Crippen LogP contribution in [0.3, 0.4) is 0 Å². The minimum Gasteiger partial charge on any atom is -0.300 e. The molecule has 0 bridgehead atoms. The van der Waals surface area contributed by atoms with Crippen LogP contribution in [-0.4, -0.2) is 6.29 Å². The van der Waals surface area contributed by atoms with E-state index in [1.165, 1.54) is 0 Å². The van der Waals surface area contributed by atoms with Crippen LogP contribution in [0.5, 0.6) is 0 Å². The topological polar surface area (TPSA) is 41.8 Å². The third-order valence-corrected chi connectivity index (χ3v) is 2.04. The molecule has 0 fully saturated rings. The Balaban J connectivity index is 2.63. The number of carbonyl (C=O) groups excluding carboxylic acids is 1. The molecule has 0 radical (unpaired) electrons. The summed E-state index contributed by atoms with van der Waals surface area (Å²) in [5.74, 6) is 0. The lowest BCUT2D eigenvalue weighted by molar-refractivity contribution is -0.111. The maximum Gasteiger partial charge on any atom is 0.161 e. The van der Waals surface area contributed by atoms with Gasteiger partial charge < -0.3 is 4.79 Å². The molecule has 1 atom stereocenters. The molecular weight excluding hydrogens is 152 g/mol. The predicted molar refractivity (Wildman–Crippen MR) is 44.4 cm³/mol. The zero-order valence-corrected chi connectivity index (χ0v) is 6.69. The molecule has 1 unspecified atom stereocenters. The Hall–Kier alpha value is -1.51. The highest BCUT2D eigenvalue weighted by Gasteiger charge is 2.32. The van der Waals surface area contributed by atoms with E-state index in [1.54, 1.807) is 6.92 Å². The quantitative estimate of drug-likeness (QED) is 0.580. The van der Waals surface area contributed by atoms with Crippen molar-refractivity contribution in [3.63, 3.8) is 0 Å². The Morgan fingerprint density at radius 1 is 1.42 bits per heavy atom.